The van der Waals surface area contributed by atoms with E-state index in [0.717, 1.165) is 77.4 Å². The van der Waals surface area contributed by atoms with Crippen molar-refractivity contribution in [1.82, 2.24) is 25.3 Å². The minimum atomic E-state index is -0.0000930. The fourth-order valence-corrected chi connectivity index (χ4v) is 4.24. The lowest BCUT2D eigenvalue weighted by atomic mass is 10.0. The van der Waals surface area contributed by atoms with Crippen LogP contribution >= 0.6 is 0 Å². The zero-order valence-corrected chi connectivity index (χ0v) is 18.2. The van der Waals surface area contributed by atoms with Crippen LogP contribution in [0.5, 0.6) is 0 Å². The van der Waals surface area contributed by atoms with Crippen molar-refractivity contribution < 1.29 is 9.53 Å². The second kappa shape index (κ2) is 11.3. The zero-order valence-electron chi connectivity index (χ0n) is 18.2. The molecule has 2 aliphatic rings. The van der Waals surface area contributed by atoms with Crippen molar-refractivity contribution in [1.29, 1.82) is 0 Å². The number of hydrogen-bond acceptors (Lipinski definition) is 6. The number of benzene rings is 1. The molecule has 1 aromatic heterocycles. The molecule has 0 aliphatic carbocycles. The van der Waals surface area contributed by atoms with E-state index in [4.69, 9.17) is 4.74 Å². The fraction of sp³-hybridized carbons (Fsp3) is 0.565. The lowest BCUT2D eigenvalue weighted by molar-refractivity contribution is 0.0383. The lowest BCUT2D eigenvalue weighted by Gasteiger charge is -2.34. The van der Waals surface area contributed by atoms with E-state index in [1.165, 1.54) is 5.69 Å². The average molecular weight is 427 g/mol. The highest BCUT2D eigenvalue weighted by molar-refractivity contribution is 5.94. The summed E-state index contributed by atoms with van der Waals surface area (Å²) in [4.78, 5) is 17.2. The van der Waals surface area contributed by atoms with E-state index in [1.807, 2.05) is 35.3 Å². The van der Waals surface area contributed by atoms with Gasteiger partial charge in [0.2, 0.25) is 0 Å². The van der Waals surface area contributed by atoms with Crippen molar-refractivity contribution in [3.63, 3.8) is 0 Å². The standard InChI is InChI=1S/C23H34N6O2/c30-23(25-9-14-27-16-18-31-19-17-27)20-2-4-22(5-3-20)28-12-6-21(7-13-28)24-10-15-29-11-1-8-26-29/h1-5,8,11,21,24H,6-7,9-10,12-19H2,(H,25,30). The molecule has 1 aromatic carbocycles. The third-order valence-corrected chi connectivity index (χ3v) is 6.14. The Morgan fingerprint density at radius 3 is 2.52 bits per heavy atom. The Balaban J connectivity index is 1.15. The number of nitrogens with one attached hydrogen (secondary N) is 2. The number of hydrogen-bond donors (Lipinski definition) is 2. The summed E-state index contributed by atoms with van der Waals surface area (Å²) in [6, 6.07) is 10.5. The molecule has 8 nitrogen and oxygen atoms in total. The molecule has 2 N–H and O–H groups in total. The second-order valence-corrected chi connectivity index (χ2v) is 8.24. The Hall–Kier alpha value is -2.42. The summed E-state index contributed by atoms with van der Waals surface area (Å²) >= 11 is 0. The number of nitrogens with zero attached hydrogens (tertiary/aromatic N) is 4. The fourth-order valence-electron chi connectivity index (χ4n) is 4.24. The molecule has 2 aliphatic heterocycles. The molecule has 0 bridgehead atoms. The number of amides is 1. The number of ether oxygens (including phenoxy) is 1. The topological polar surface area (TPSA) is 74.7 Å². The number of rotatable bonds is 9. The van der Waals surface area contributed by atoms with E-state index in [9.17, 15) is 4.79 Å². The normalized spacial score (nSPS) is 18.3. The van der Waals surface area contributed by atoms with Crippen LogP contribution in [0.2, 0.25) is 0 Å². The lowest BCUT2D eigenvalue weighted by Crippen LogP contribution is -2.43. The van der Waals surface area contributed by atoms with Gasteiger partial charge in [-0.15, -0.1) is 0 Å². The largest absolute Gasteiger partial charge is 0.379 e. The number of carbonyl (C=O) groups excluding carboxylic acids is 1. The maximum absolute atomic E-state index is 12.4. The summed E-state index contributed by atoms with van der Waals surface area (Å²) in [5.41, 5.74) is 1.92. The molecule has 0 spiro atoms. The predicted octanol–water partition coefficient (Wildman–Crippen LogP) is 1.20. The van der Waals surface area contributed by atoms with Gasteiger partial charge < -0.3 is 20.3 Å². The maximum atomic E-state index is 12.4. The molecule has 0 saturated carbocycles. The summed E-state index contributed by atoms with van der Waals surface area (Å²) < 4.78 is 7.32. The number of anilines is 1. The number of morpholine rings is 1. The minimum Gasteiger partial charge on any atom is -0.379 e. The van der Waals surface area contributed by atoms with E-state index in [0.29, 0.717) is 12.6 Å². The van der Waals surface area contributed by atoms with Crippen LogP contribution < -0.4 is 15.5 Å². The van der Waals surface area contributed by atoms with Gasteiger partial charge in [-0.2, -0.15) is 5.10 Å². The van der Waals surface area contributed by atoms with Gasteiger partial charge in [-0.3, -0.25) is 14.4 Å². The first kappa shape index (κ1) is 21.8. The molecule has 0 radical (unpaired) electrons. The van der Waals surface area contributed by atoms with Crippen molar-refractivity contribution >= 4 is 11.6 Å². The summed E-state index contributed by atoms with van der Waals surface area (Å²) in [5.74, 6) is -0.0000930. The third kappa shape index (κ3) is 6.53. The molecule has 1 amide bonds. The van der Waals surface area contributed by atoms with Crippen LogP contribution in [-0.2, 0) is 11.3 Å². The van der Waals surface area contributed by atoms with Gasteiger partial charge in [0.05, 0.1) is 19.8 Å². The van der Waals surface area contributed by atoms with Gasteiger partial charge in [0.25, 0.3) is 5.91 Å². The number of aromatic nitrogens is 2. The summed E-state index contributed by atoms with van der Waals surface area (Å²) in [7, 11) is 0. The Morgan fingerprint density at radius 1 is 1.03 bits per heavy atom. The van der Waals surface area contributed by atoms with Crippen LogP contribution in [0.4, 0.5) is 5.69 Å². The van der Waals surface area contributed by atoms with Gasteiger partial charge >= 0.3 is 0 Å². The molecule has 2 saturated heterocycles. The Morgan fingerprint density at radius 2 is 1.81 bits per heavy atom. The van der Waals surface area contributed by atoms with E-state index >= 15 is 0 Å². The highest BCUT2D eigenvalue weighted by Crippen LogP contribution is 2.20. The average Bonchev–Trinajstić information content (AvgIpc) is 3.34. The molecule has 4 rings (SSSR count). The maximum Gasteiger partial charge on any atom is 0.251 e. The van der Waals surface area contributed by atoms with Crippen molar-refractivity contribution in [2.75, 3.05) is 63.9 Å². The first-order chi connectivity index (χ1) is 15.3. The van der Waals surface area contributed by atoms with Gasteiger partial charge in [-0.1, -0.05) is 0 Å². The SMILES string of the molecule is O=C(NCCN1CCOCC1)c1ccc(N2CCC(NCCn3cccn3)CC2)cc1. The summed E-state index contributed by atoms with van der Waals surface area (Å²) in [5, 5.41) is 10.9. The van der Waals surface area contributed by atoms with Gasteiger partial charge in [0.15, 0.2) is 0 Å². The zero-order chi connectivity index (χ0) is 21.3. The second-order valence-electron chi connectivity index (χ2n) is 8.24. The first-order valence-corrected chi connectivity index (χ1v) is 11.4. The van der Waals surface area contributed by atoms with E-state index in [1.54, 1.807) is 0 Å². The van der Waals surface area contributed by atoms with Crippen LogP contribution in [0.3, 0.4) is 0 Å². The van der Waals surface area contributed by atoms with Crippen LogP contribution in [0.1, 0.15) is 23.2 Å². The molecule has 8 heteroatoms. The minimum absolute atomic E-state index is 0.0000930. The Labute approximate surface area is 184 Å². The Kier molecular flexibility index (Phi) is 7.93. The third-order valence-electron chi connectivity index (χ3n) is 6.14. The van der Waals surface area contributed by atoms with E-state index < -0.39 is 0 Å². The van der Waals surface area contributed by atoms with Crippen LogP contribution in [0.15, 0.2) is 42.7 Å². The highest BCUT2D eigenvalue weighted by atomic mass is 16.5. The van der Waals surface area contributed by atoms with Crippen molar-refractivity contribution in [3.8, 4) is 0 Å². The molecular weight excluding hydrogens is 392 g/mol. The molecule has 3 heterocycles. The van der Waals surface area contributed by atoms with Gasteiger partial charge in [0, 0.05) is 75.5 Å². The van der Waals surface area contributed by atoms with E-state index in [-0.39, 0.29) is 5.91 Å². The molecule has 0 unspecified atom stereocenters. The van der Waals surface area contributed by atoms with Gasteiger partial charge in [-0.05, 0) is 43.2 Å². The van der Waals surface area contributed by atoms with Crippen LogP contribution in [0, 0.1) is 0 Å². The smallest absolute Gasteiger partial charge is 0.251 e. The van der Waals surface area contributed by atoms with Gasteiger partial charge in [-0.25, -0.2) is 0 Å². The van der Waals surface area contributed by atoms with E-state index in [2.05, 4.69) is 37.7 Å². The van der Waals surface area contributed by atoms with Crippen LogP contribution in [0.25, 0.3) is 0 Å². The first-order valence-electron chi connectivity index (χ1n) is 11.4. The predicted molar refractivity (Wildman–Crippen MR) is 121 cm³/mol. The van der Waals surface area contributed by atoms with Crippen molar-refractivity contribution in [2.45, 2.75) is 25.4 Å². The molecule has 0 atom stereocenters. The molecule has 31 heavy (non-hydrogen) atoms. The van der Waals surface area contributed by atoms with Gasteiger partial charge in [0.1, 0.15) is 0 Å². The molecular formula is C23H34N6O2. The quantitative estimate of drug-likeness (QED) is 0.628. The highest BCUT2D eigenvalue weighted by Gasteiger charge is 2.19. The Bertz CT molecular complexity index is 781. The summed E-state index contributed by atoms with van der Waals surface area (Å²) in [6.45, 7) is 8.92. The summed E-state index contributed by atoms with van der Waals surface area (Å²) in [6.07, 6.45) is 6.07. The number of piperidine rings is 1. The molecule has 2 aromatic rings. The monoisotopic (exact) mass is 426 g/mol. The molecule has 2 fully saturated rings. The van der Waals surface area contributed by atoms with Crippen LogP contribution in [-0.4, -0.2) is 85.7 Å². The molecule has 168 valence electrons. The van der Waals surface area contributed by atoms with Crippen molar-refractivity contribution in [3.05, 3.63) is 48.3 Å². The number of carbonyl (C=O) groups is 1. The van der Waals surface area contributed by atoms with Crippen molar-refractivity contribution in [2.24, 2.45) is 0 Å².